The number of guanidine groups is 1. The minimum Gasteiger partial charge on any atom is -0.357 e. The molecule has 3 aromatic rings. The second-order valence-corrected chi connectivity index (χ2v) is 7.81. The fourth-order valence-corrected chi connectivity index (χ4v) is 3.46. The van der Waals surface area contributed by atoms with E-state index < -0.39 is 0 Å². The molecule has 0 aliphatic heterocycles. The summed E-state index contributed by atoms with van der Waals surface area (Å²) in [5.74, 6) is 1.28. The molecular formula is C22H32N8. The average Bonchev–Trinajstić information content (AvgIpc) is 3.34. The topological polar surface area (TPSA) is 76.2 Å². The van der Waals surface area contributed by atoms with Gasteiger partial charge in [-0.1, -0.05) is 38.1 Å². The Morgan fingerprint density at radius 1 is 1.27 bits per heavy atom. The monoisotopic (exact) mass is 408 g/mol. The van der Waals surface area contributed by atoms with Crippen LogP contribution in [-0.4, -0.2) is 49.0 Å². The van der Waals surface area contributed by atoms with Crippen molar-refractivity contribution in [2.24, 2.45) is 12.0 Å². The number of hydrogen-bond acceptors (Lipinski definition) is 4. The number of nitrogens with zero attached hydrogens (tertiary/aromatic N) is 7. The number of aliphatic imine (C=N–C) groups is 1. The smallest absolute Gasteiger partial charge is 0.194 e. The van der Waals surface area contributed by atoms with Crippen LogP contribution in [-0.2, 0) is 26.7 Å². The number of nitrogens with one attached hydrogen (secondary N) is 1. The highest BCUT2D eigenvalue weighted by molar-refractivity contribution is 5.79. The Labute approximate surface area is 178 Å². The number of hydrogen-bond donors (Lipinski definition) is 1. The molecule has 0 spiro atoms. The van der Waals surface area contributed by atoms with E-state index in [0.29, 0.717) is 19.0 Å². The Morgan fingerprint density at radius 3 is 2.77 bits per heavy atom. The van der Waals surface area contributed by atoms with Gasteiger partial charge < -0.3 is 10.2 Å². The SMILES string of the molecule is CCNC(=NCc1cccc(Cn2cncn2)c1)N(C)Cc1cn(C)nc1C(C)C. The van der Waals surface area contributed by atoms with E-state index >= 15 is 0 Å². The summed E-state index contributed by atoms with van der Waals surface area (Å²) in [7, 11) is 4.04. The normalized spacial score (nSPS) is 11.9. The van der Waals surface area contributed by atoms with Crippen LogP contribution in [0.5, 0.6) is 0 Å². The summed E-state index contributed by atoms with van der Waals surface area (Å²) in [5, 5.41) is 12.2. The van der Waals surface area contributed by atoms with Crippen LogP contribution in [0.4, 0.5) is 0 Å². The van der Waals surface area contributed by atoms with Gasteiger partial charge in [-0.2, -0.15) is 10.2 Å². The molecule has 0 aliphatic carbocycles. The van der Waals surface area contributed by atoms with Crippen molar-refractivity contribution in [1.82, 2.24) is 34.8 Å². The summed E-state index contributed by atoms with van der Waals surface area (Å²) in [6, 6.07) is 8.45. The highest BCUT2D eigenvalue weighted by atomic mass is 15.3. The highest BCUT2D eigenvalue weighted by Crippen LogP contribution is 2.18. The molecule has 30 heavy (non-hydrogen) atoms. The van der Waals surface area contributed by atoms with Crippen molar-refractivity contribution >= 4 is 5.96 Å². The molecule has 2 heterocycles. The fourth-order valence-electron chi connectivity index (χ4n) is 3.46. The summed E-state index contributed by atoms with van der Waals surface area (Å²) in [6.45, 7) is 9.35. The van der Waals surface area contributed by atoms with Crippen molar-refractivity contribution in [1.29, 1.82) is 0 Å². The van der Waals surface area contributed by atoms with Crippen LogP contribution in [0.2, 0.25) is 0 Å². The first kappa shape index (κ1) is 21.5. The van der Waals surface area contributed by atoms with Gasteiger partial charge in [0.1, 0.15) is 12.7 Å². The predicted octanol–water partition coefficient (Wildman–Crippen LogP) is 2.78. The molecule has 160 valence electrons. The van der Waals surface area contributed by atoms with Crippen LogP contribution in [0.25, 0.3) is 0 Å². The number of aryl methyl sites for hydroxylation is 1. The third-order valence-corrected chi connectivity index (χ3v) is 4.80. The Hall–Kier alpha value is -3.16. The summed E-state index contributed by atoms with van der Waals surface area (Å²) >= 11 is 0. The van der Waals surface area contributed by atoms with Gasteiger partial charge in [-0.3, -0.25) is 4.68 Å². The van der Waals surface area contributed by atoms with Gasteiger partial charge in [0.15, 0.2) is 5.96 Å². The van der Waals surface area contributed by atoms with Gasteiger partial charge in [-0.05, 0) is 24.0 Å². The molecule has 8 nitrogen and oxygen atoms in total. The van der Waals surface area contributed by atoms with Crippen LogP contribution < -0.4 is 5.32 Å². The van der Waals surface area contributed by atoms with Crippen LogP contribution in [0.1, 0.15) is 49.1 Å². The number of aromatic nitrogens is 5. The van der Waals surface area contributed by atoms with Crippen LogP contribution in [0, 0.1) is 0 Å². The Bertz CT molecular complexity index is 955. The maximum atomic E-state index is 4.87. The second kappa shape index (κ2) is 10.0. The highest BCUT2D eigenvalue weighted by Gasteiger charge is 2.15. The van der Waals surface area contributed by atoms with Crippen molar-refractivity contribution < 1.29 is 0 Å². The van der Waals surface area contributed by atoms with Crippen molar-refractivity contribution in [3.63, 3.8) is 0 Å². The molecule has 1 aromatic carbocycles. The molecule has 0 aliphatic rings. The van der Waals surface area contributed by atoms with Crippen molar-refractivity contribution in [2.75, 3.05) is 13.6 Å². The van der Waals surface area contributed by atoms with E-state index in [4.69, 9.17) is 4.99 Å². The molecule has 0 radical (unpaired) electrons. The molecule has 8 heteroatoms. The first-order valence-corrected chi connectivity index (χ1v) is 10.4. The summed E-state index contributed by atoms with van der Waals surface area (Å²) in [6.07, 6.45) is 5.38. The summed E-state index contributed by atoms with van der Waals surface area (Å²) in [5.41, 5.74) is 4.72. The minimum absolute atomic E-state index is 0.391. The Balaban J connectivity index is 1.71. The van der Waals surface area contributed by atoms with Gasteiger partial charge in [-0.15, -0.1) is 0 Å². The summed E-state index contributed by atoms with van der Waals surface area (Å²) in [4.78, 5) is 11.0. The van der Waals surface area contributed by atoms with Crippen LogP contribution in [0.3, 0.4) is 0 Å². The van der Waals surface area contributed by atoms with Gasteiger partial charge in [0.2, 0.25) is 0 Å². The third kappa shape index (κ3) is 5.68. The lowest BCUT2D eigenvalue weighted by atomic mass is 10.1. The maximum absolute atomic E-state index is 4.87. The molecule has 1 N–H and O–H groups in total. The molecule has 0 saturated carbocycles. The number of rotatable bonds is 8. The van der Waals surface area contributed by atoms with E-state index in [0.717, 1.165) is 24.7 Å². The molecule has 0 amide bonds. The Morgan fingerprint density at radius 2 is 2.07 bits per heavy atom. The molecule has 0 bridgehead atoms. The lowest BCUT2D eigenvalue weighted by Gasteiger charge is -2.22. The molecular weight excluding hydrogens is 376 g/mol. The molecule has 0 saturated heterocycles. The lowest BCUT2D eigenvalue weighted by molar-refractivity contribution is 0.473. The molecule has 3 rings (SSSR count). The standard InChI is InChI=1S/C22H32N8/c1-6-24-22(28(4)13-20-14-29(5)27-21(20)17(2)3)25-11-18-8-7-9-19(10-18)12-30-16-23-15-26-30/h7-10,14-17H,6,11-13H2,1-5H3,(H,24,25). The van der Waals surface area contributed by atoms with E-state index in [-0.39, 0.29) is 0 Å². The zero-order valence-electron chi connectivity index (χ0n) is 18.6. The van der Waals surface area contributed by atoms with E-state index in [2.05, 4.69) is 83.7 Å². The van der Waals surface area contributed by atoms with E-state index in [1.807, 2.05) is 16.4 Å². The van der Waals surface area contributed by atoms with Crippen LogP contribution >= 0.6 is 0 Å². The zero-order valence-corrected chi connectivity index (χ0v) is 18.6. The van der Waals surface area contributed by atoms with Gasteiger partial charge >= 0.3 is 0 Å². The largest absolute Gasteiger partial charge is 0.357 e. The van der Waals surface area contributed by atoms with E-state index in [1.54, 1.807) is 12.7 Å². The van der Waals surface area contributed by atoms with E-state index in [1.165, 1.54) is 16.7 Å². The molecule has 2 aromatic heterocycles. The van der Waals surface area contributed by atoms with Crippen LogP contribution in [0.15, 0.2) is 48.1 Å². The predicted molar refractivity (Wildman–Crippen MR) is 119 cm³/mol. The molecule has 0 fully saturated rings. The van der Waals surface area contributed by atoms with Gasteiger partial charge in [0.05, 0.1) is 18.8 Å². The number of benzene rings is 1. The zero-order chi connectivity index (χ0) is 21.5. The van der Waals surface area contributed by atoms with E-state index in [9.17, 15) is 0 Å². The van der Waals surface area contributed by atoms with Gasteiger partial charge in [0, 0.05) is 38.9 Å². The van der Waals surface area contributed by atoms with Gasteiger partial charge in [0.25, 0.3) is 0 Å². The third-order valence-electron chi connectivity index (χ3n) is 4.80. The second-order valence-electron chi connectivity index (χ2n) is 7.81. The Kier molecular flexibility index (Phi) is 7.21. The van der Waals surface area contributed by atoms with Crippen molar-refractivity contribution in [3.05, 3.63) is 65.5 Å². The first-order chi connectivity index (χ1) is 14.5. The first-order valence-electron chi connectivity index (χ1n) is 10.4. The van der Waals surface area contributed by atoms with Gasteiger partial charge in [-0.25, -0.2) is 14.7 Å². The molecule has 0 atom stereocenters. The minimum atomic E-state index is 0.391. The fraction of sp³-hybridized carbons (Fsp3) is 0.455. The quantitative estimate of drug-likeness (QED) is 0.458. The van der Waals surface area contributed by atoms with Crippen molar-refractivity contribution in [2.45, 2.75) is 46.3 Å². The summed E-state index contributed by atoms with van der Waals surface area (Å²) < 4.78 is 3.71. The average molecular weight is 409 g/mol. The molecule has 0 unspecified atom stereocenters. The maximum Gasteiger partial charge on any atom is 0.194 e. The van der Waals surface area contributed by atoms with Crippen molar-refractivity contribution in [3.8, 4) is 0 Å². The lowest BCUT2D eigenvalue weighted by Crippen LogP contribution is -2.38.